The van der Waals surface area contributed by atoms with Crippen molar-refractivity contribution in [3.63, 3.8) is 0 Å². The maximum atomic E-state index is 12.1. The molecule has 0 aliphatic heterocycles. The van der Waals surface area contributed by atoms with E-state index in [-0.39, 0.29) is 0 Å². The number of hydrogen-bond acceptors (Lipinski definition) is 5. The number of esters is 1. The molecule has 0 heterocycles. The van der Waals surface area contributed by atoms with Gasteiger partial charge in [-0.15, -0.1) is 0 Å². The van der Waals surface area contributed by atoms with Crippen LogP contribution in [0.3, 0.4) is 0 Å². The summed E-state index contributed by atoms with van der Waals surface area (Å²) < 4.78 is 5.29. The molecule has 32 heavy (non-hydrogen) atoms. The van der Waals surface area contributed by atoms with Crippen LogP contribution in [0.1, 0.15) is 28.4 Å². The SMILES string of the molecule is CCc1ccc(NC(=O)C(=O)NN=Cc2ccc(OC(=O)c3cccc(Cl)c3)cc2)cc1. The smallest absolute Gasteiger partial charge is 0.343 e. The van der Waals surface area contributed by atoms with Gasteiger partial charge in [-0.1, -0.05) is 36.7 Å². The van der Waals surface area contributed by atoms with Crippen molar-refractivity contribution in [1.29, 1.82) is 0 Å². The van der Waals surface area contributed by atoms with Crippen molar-refractivity contribution in [3.05, 3.63) is 94.5 Å². The summed E-state index contributed by atoms with van der Waals surface area (Å²) >= 11 is 5.88. The number of aryl methyl sites for hydroxylation is 1. The Morgan fingerprint density at radius 2 is 1.69 bits per heavy atom. The monoisotopic (exact) mass is 449 g/mol. The lowest BCUT2D eigenvalue weighted by Gasteiger charge is -2.05. The van der Waals surface area contributed by atoms with E-state index in [1.54, 1.807) is 54.6 Å². The topological polar surface area (TPSA) is 96.9 Å². The molecule has 3 aromatic carbocycles. The summed E-state index contributed by atoms with van der Waals surface area (Å²) in [5, 5.41) is 6.72. The Kier molecular flexibility index (Phi) is 7.72. The molecular weight excluding hydrogens is 430 g/mol. The summed E-state index contributed by atoms with van der Waals surface area (Å²) in [5.41, 5.74) is 4.78. The predicted molar refractivity (Wildman–Crippen MR) is 123 cm³/mol. The van der Waals surface area contributed by atoms with Gasteiger partial charge >= 0.3 is 17.8 Å². The number of carbonyl (C=O) groups excluding carboxylic acids is 3. The Hall–Kier alpha value is -3.97. The highest BCUT2D eigenvalue weighted by molar-refractivity contribution is 6.39. The molecule has 2 N–H and O–H groups in total. The second-order valence-corrected chi connectivity index (χ2v) is 7.11. The van der Waals surface area contributed by atoms with Crippen molar-refractivity contribution in [2.24, 2.45) is 5.10 Å². The van der Waals surface area contributed by atoms with Crippen molar-refractivity contribution >= 4 is 41.3 Å². The minimum Gasteiger partial charge on any atom is -0.423 e. The van der Waals surface area contributed by atoms with Crippen LogP contribution in [0.5, 0.6) is 5.75 Å². The number of nitrogens with one attached hydrogen (secondary N) is 2. The molecular formula is C24H20ClN3O4. The third-order valence-corrected chi connectivity index (χ3v) is 4.59. The van der Waals surface area contributed by atoms with Gasteiger partial charge in [0.15, 0.2) is 0 Å². The van der Waals surface area contributed by atoms with Crippen molar-refractivity contribution < 1.29 is 19.1 Å². The van der Waals surface area contributed by atoms with Crippen LogP contribution >= 0.6 is 11.6 Å². The fourth-order valence-corrected chi connectivity index (χ4v) is 2.82. The average Bonchev–Trinajstić information content (AvgIpc) is 2.80. The van der Waals surface area contributed by atoms with E-state index in [9.17, 15) is 14.4 Å². The molecule has 0 fully saturated rings. The minimum atomic E-state index is -0.895. The van der Waals surface area contributed by atoms with E-state index in [2.05, 4.69) is 15.8 Å². The Morgan fingerprint density at radius 1 is 0.969 bits per heavy atom. The highest BCUT2D eigenvalue weighted by atomic mass is 35.5. The summed E-state index contributed by atoms with van der Waals surface area (Å²) in [5.74, 6) is -1.91. The van der Waals surface area contributed by atoms with E-state index in [1.165, 1.54) is 12.3 Å². The number of ether oxygens (including phenoxy) is 1. The first kappa shape index (κ1) is 22.7. The number of hydrogen-bond donors (Lipinski definition) is 2. The van der Waals surface area contributed by atoms with E-state index in [0.29, 0.717) is 27.6 Å². The third kappa shape index (κ3) is 6.52. The lowest BCUT2D eigenvalue weighted by molar-refractivity contribution is -0.136. The molecule has 162 valence electrons. The Balaban J connectivity index is 1.50. The predicted octanol–water partition coefficient (Wildman–Crippen LogP) is 4.21. The number of nitrogens with zero attached hydrogens (tertiary/aromatic N) is 1. The molecule has 0 radical (unpaired) electrons. The summed E-state index contributed by atoms with van der Waals surface area (Å²) in [6.07, 6.45) is 2.25. The zero-order chi connectivity index (χ0) is 22.9. The van der Waals surface area contributed by atoms with E-state index in [1.807, 2.05) is 19.1 Å². The quantitative estimate of drug-likeness (QED) is 0.194. The van der Waals surface area contributed by atoms with Crippen molar-refractivity contribution in [2.75, 3.05) is 5.32 Å². The van der Waals surface area contributed by atoms with Crippen LogP contribution in [-0.2, 0) is 16.0 Å². The van der Waals surface area contributed by atoms with Gasteiger partial charge < -0.3 is 10.1 Å². The largest absolute Gasteiger partial charge is 0.423 e. The molecule has 7 nitrogen and oxygen atoms in total. The van der Waals surface area contributed by atoms with Crippen molar-refractivity contribution in [3.8, 4) is 5.75 Å². The molecule has 0 atom stereocenters. The zero-order valence-corrected chi connectivity index (χ0v) is 17.9. The first-order chi connectivity index (χ1) is 15.4. The van der Waals surface area contributed by atoms with Crippen LogP contribution in [-0.4, -0.2) is 24.0 Å². The highest BCUT2D eigenvalue weighted by Gasteiger charge is 2.13. The number of halogens is 1. The van der Waals surface area contributed by atoms with Gasteiger partial charge in [0.1, 0.15) is 5.75 Å². The fraction of sp³-hybridized carbons (Fsp3) is 0.0833. The number of hydrazone groups is 1. The number of anilines is 1. The molecule has 3 rings (SSSR count). The second kappa shape index (κ2) is 10.9. The second-order valence-electron chi connectivity index (χ2n) is 6.67. The number of benzene rings is 3. The molecule has 0 bridgehead atoms. The summed E-state index contributed by atoms with van der Waals surface area (Å²) in [6, 6.07) is 20.1. The van der Waals surface area contributed by atoms with E-state index >= 15 is 0 Å². The molecule has 8 heteroatoms. The molecule has 0 saturated carbocycles. The normalized spacial score (nSPS) is 10.6. The molecule has 0 spiro atoms. The summed E-state index contributed by atoms with van der Waals surface area (Å²) in [4.78, 5) is 36.0. The molecule has 2 amide bonds. The number of amides is 2. The van der Waals surface area contributed by atoms with Gasteiger partial charge in [-0.25, -0.2) is 10.2 Å². The molecule has 0 aliphatic carbocycles. The van der Waals surface area contributed by atoms with Crippen LogP contribution < -0.4 is 15.5 Å². The fourth-order valence-electron chi connectivity index (χ4n) is 2.63. The average molecular weight is 450 g/mol. The zero-order valence-electron chi connectivity index (χ0n) is 17.2. The lowest BCUT2D eigenvalue weighted by atomic mass is 10.1. The minimum absolute atomic E-state index is 0.338. The first-order valence-corrected chi connectivity index (χ1v) is 10.1. The Bertz CT molecular complexity index is 1140. The molecule has 0 aromatic heterocycles. The molecule has 3 aromatic rings. The van der Waals surface area contributed by atoms with Gasteiger partial charge in [0.05, 0.1) is 11.8 Å². The van der Waals surface area contributed by atoms with E-state index in [0.717, 1.165) is 12.0 Å². The Labute approximate surface area is 190 Å². The van der Waals surface area contributed by atoms with Gasteiger partial charge in [0.2, 0.25) is 0 Å². The molecule has 0 aliphatic rings. The molecule has 0 saturated heterocycles. The summed E-state index contributed by atoms with van der Waals surface area (Å²) in [7, 11) is 0. The third-order valence-electron chi connectivity index (χ3n) is 4.36. The van der Waals surface area contributed by atoms with Crippen LogP contribution in [0.25, 0.3) is 0 Å². The first-order valence-electron chi connectivity index (χ1n) is 9.75. The maximum absolute atomic E-state index is 12.1. The van der Waals surface area contributed by atoms with Crippen molar-refractivity contribution in [2.45, 2.75) is 13.3 Å². The van der Waals surface area contributed by atoms with Gasteiger partial charge in [-0.2, -0.15) is 5.10 Å². The van der Waals surface area contributed by atoms with Crippen LogP contribution in [0, 0.1) is 0 Å². The summed E-state index contributed by atoms with van der Waals surface area (Å²) in [6.45, 7) is 2.03. The lowest BCUT2D eigenvalue weighted by Crippen LogP contribution is -2.32. The van der Waals surface area contributed by atoms with Gasteiger partial charge in [0, 0.05) is 10.7 Å². The highest BCUT2D eigenvalue weighted by Crippen LogP contribution is 2.16. The van der Waals surface area contributed by atoms with Crippen LogP contribution in [0.4, 0.5) is 5.69 Å². The van der Waals surface area contributed by atoms with Crippen LogP contribution in [0.2, 0.25) is 5.02 Å². The van der Waals surface area contributed by atoms with Gasteiger partial charge in [0.25, 0.3) is 0 Å². The van der Waals surface area contributed by atoms with Gasteiger partial charge in [-0.05, 0) is 72.1 Å². The standard InChI is InChI=1S/C24H20ClN3O4/c1-2-16-6-10-20(11-7-16)27-22(29)23(30)28-26-15-17-8-12-21(13-9-17)32-24(31)18-4-3-5-19(25)14-18/h3-15H,2H2,1H3,(H,27,29)(H,28,30). The van der Waals surface area contributed by atoms with Crippen molar-refractivity contribution in [1.82, 2.24) is 5.43 Å². The Morgan fingerprint density at radius 3 is 2.34 bits per heavy atom. The number of carbonyl (C=O) groups is 3. The maximum Gasteiger partial charge on any atom is 0.343 e. The number of rotatable bonds is 6. The van der Waals surface area contributed by atoms with Crippen LogP contribution in [0.15, 0.2) is 77.9 Å². The molecule has 0 unspecified atom stereocenters. The van der Waals surface area contributed by atoms with E-state index < -0.39 is 17.8 Å². The van der Waals surface area contributed by atoms with Gasteiger partial charge in [-0.3, -0.25) is 9.59 Å². The van der Waals surface area contributed by atoms with E-state index in [4.69, 9.17) is 16.3 Å².